The number of rotatable bonds is 3. The number of carbonyl (C=O) groups is 2. The molecule has 0 N–H and O–H groups in total. The summed E-state index contributed by atoms with van der Waals surface area (Å²) in [5.41, 5.74) is 0.348. The topological polar surface area (TPSA) is 53.1 Å². The molecule has 0 bridgehead atoms. The molecule has 2 aromatic carbocycles. The number of benzene rings is 2. The van der Waals surface area contributed by atoms with E-state index in [0.717, 1.165) is 6.54 Å². The zero-order valence-electron chi connectivity index (χ0n) is 18.2. The van der Waals surface area contributed by atoms with E-state index in [1.807, 2.05) is 17.0 Å². The van der Waals surface area contributed by atoms with Crippen molar-refractivity contribution in [3.8, 4) is 5.75 Å². The van der Waals surface area contributed by atoms with E-state index in [1.165, 1.54) is 12.1 Å². The summed E-state index contributed by atoms with van der Waals surface area (Å²) in [5.74, 6) is -0.342. The summed E-state index contributed by atoms with van der Waals surface area (Å²) < 4.78 is 19.6. The first kappa shape index (κ1) is 21.3. The smallest absolute Gasteiger partial charge is 0.257 e. The molecule has 2 aromatic rings. The molecular weight excluding hydrogens is 397 g/mol. The highest BCUT2D eigenvalue weighted by Crippen LogP contribution is 2.30. The van der Waals surface area contributed by atoms with Gasteiger partial charge in [-0.3, -0.25) is 14.5 Å². The first-order chi connectivity index (χ1) is 14.8. The maximum absolute atomic E-state index is 14.2. The van der Waals surface area contributed by atoms with Crippen LogP contribution in [0, 0.1) is 5.82 Å². The number of ether oxygens (including phenoxy) is 1. The molecule has 2 aliphatic heterocycles. The largest absolute Gasteiger partial charge is 0.496 e. The third kappa shape index (κ3) is 4.02. The van der Waals surface area contributed by atoms with E-state index < -0.39 is 5.82 Å². The van der Waals surface area contributed by atoms with Gasteiger partial charge >= 0.3 is 0 Å². The predicted molar refractivity (Wildman–Crippen MR) is 116 cm³/mol. The molecule has 4 rings (SSSR count). The zero-order valence-corrected chi connectivity index (χ0v) is 18.2. The van der Waals surface area contributed by atoms with E-state index in [4.69, 9.17) is 4.74 Å². The van der Waals surface area contributed by atoms with Gasteiger partial charge in [-0.25, -0.2) is 4.39 Å². The minimum Gasteiger partial charge on any atom is -0.496 e. The molecule has 0 spiro atoms. The Balaban J connectivity index is 1.55. The van der Waals surface area contributed by atoms with Crippen LogP contribution < -0.4 is 4.74 Å². The molecule has 6 nitrogen and oxygen atoms in total. The van der Waals surface area contributed by atoms with E-state index in [9.17, 15) is 14.0 Å². The van der Waals surface area contributed by atoms with Crippen LogP contribution in [0.5, 0.6) is 5.75 Å². The van der Waals surface area contributed by atoms with E-state index >= 15 is 0 Å². The molecule has 0 aromatic heterocycles. The van der Waals surface area contributed by atoms with Crippen LogP contribution in [0.4, 0.5) is 4.39 Å². The summed E-state index contributed by atoms with van der Waals surface area (Å²) in [4.78, 5) is 32.2. The van der Waals surface area contributed by atoms with Crippen molar-refractivity contribution >= 4 is 11.8 Å². The molecule has 2 heterocycles. The summed E-state index contributed by atoms with van der Waals surface area (Å²) >= 11 is 0. The maximum Gasteiger partial charge on any atom is 0.257 e. The number of methoxy groups -OCH3 is 1. The highest BCUT2D eigenvalue weighted by molar-refractivity contribution is 5.97. The van der Waals surface area contributed by atoms with Crippen molar-refractivity contribution in [1.29, 1.82) is 0 Å². The van der Waals surface area contributed by atoms with Crippen LogP contribution in [-0.2, 0) is 0 Å². The van der Waals surface area contributed by atoms with Gasteiger partial charge in [0.05, 0.1) is 18.2 Å². The lowest BCUT2D eigenvalue weighted by molar-refractivity contribution is -0.0508. The normalized spacial score (nSPS) is 20.8. The standard InChI is InChI=1S/C24H28FN3O3/c1-24(2)16-27(22(29)18-8-4-6-10-20(18)25)15-17-14-26(12-13-28(17)24)23(30)19-9-5-7-11-21(19)31-3/h4-11,17H,12-16H2,1-3H3. The fourth-order valence-electron chi connectivity index (χ4n) is 4.82. The van der Waals surface area contributed by atoms with E-state index in [2.05, 4.69) is 18.7 Å². The van der Waals surface area contributed by atoms with Gasteiger partial charge in [0.2, 0.25) is 0 Å². The number of carbonyl (C=O) groups excluding carboxylic acids is 2. The van der Waals surface area contributed by atoms with Gasteiger partial charge in [0, 0.05) is 44.3 Å². The summed E-state index contributed by atoms with van der Waals surface area (Å²) in [7, 11) is 1.56. The van der Waals surface area contributed by atoms with Crippen molar-refractivity contribution in [1.82, 2.24) is 14.7 Å². The Morgan fingerprint density at radius 1 is 0.935 bits per heavy atom. The molecule has 7 heteroatoms. The van der Waals surface area contributed by atoms with Crippen LogP contribution in [0.3, 0.4) is 0 Å². The van der Waals surface area contributed by atoms with Gasteiger partial charge in [-0.1, -0.05) is 24.3 Å². The quantitative estimate of drug-likeness (QED) is 0.759. The molecule has 31 heavy (non-hydrogen) atoms. The van der Waals surface area contributed by atoms with Crippen LogP contribution in [-0.4, -0.2) is 77.9 Å². The molecule has 0 saturated carbocycles. The molecule has 1 atom stereocenters. The molecule has 2 fully saturated rings. The Morgan fingerprint density at radius 3 is 2.26 bits per heavy atom. The van der Waals surface area contributed by atoms with Crippen LogP contribution in [0.25, 0.3) is 0 Å². The number of hydrogen-bond acceptors (Lipinski definition) is 4. The second-order valence-corrected chi connectivity index (χ2v) is 8.78. The highest BCUT2D eigenvalue weighted by atomic mass is 19.1. The first-order valence-electron chi connectivity index (χ1n) is 10.5. The zero-order chi connectivity index (χ0) is 22.2. The maximum atomic E-state index is 14.2. The lowest BCUT2D eigenvalue weighted by atomic mass is 9.92. The Labute approximate surface area is 182 Å². The Morgan fingerprint density at radius 2 is 1.55 bits per heavy atom. The first-order valence-corrected chi connectivity index (χ1v) is 10.5. The van der Waals surface area contributed by atoms with E-state index in [0.29, 0.717) is 37.5 Å². The van der Waals surface area contributed by atoms with Crippen molar-refractivity contribution < 1.29 is 18.7 Å². The van der Waals surface area contributed by atoms with Crippen molar-refractivity contribution in [3.63, 3.8) is 0 Å². The SMILES string of the molecule is COc1ccccc1C(=O)N1CCN2C(CN(C(=O)c3ccccc3F)CC2(C)C)C1. The lowest BCUT2D eigenvalue weighted by Gasteiger charge is -2.55. The van der Waals surface area contributed by atoms with Gasteiger partial charge in [-0.15, -0.1) is 0 Å². The fourth-order valence-corrected chi connectivity index (χ4v) is 4.82. The van der Waals surface area contributed by atoms with Gasteiger partial charge in [-0.05, 0) is 38.1 Å². The lowest BCUT2D eigenvalue weighted by Crippen LogP contribution is -2.70. The number of piperazine rings is 2. The Bertz CT molecular complexity index is 994. The van der Waals surface area contributed by atoms with Gasteiger partial charge in [0.15, 0.2) is 0 Å². The molecular formula is C24H28FN3O3. The monoisotopic (exact) mass is 425 g/mol. The molecule has 2 amide bonds. The highest BCUT2D eigenvalue weighted by Gasteiger charge is 2.45. The third-order valence-electron chi connectivity index (χ3n) is 6.29. The minimum atomic E-state index is -0.510. The van der Waals surface area contributed by atoms with Crippen molar-refractivity contribution in [2.45, 2.75) is 25.4 Å². The Kier molecular flexibility index (Phi) is 5.71. The molecule has 1 unspecified atom stereocenters. The number of fused-ring (bicyclic) bond motifs is 1. The summed E-state index contributed by atoms with van der Waals surface area (Å²) in [6.07, 6.45) is 0. The number of halogens is 1. The molecule has 2 aliphatic rings. The van der Waals surface area contributed by atoms with Gasteiger partial charge in [0.25, 0.3) is 11.8 Å². The summed E-state index contributed by atoms with van der Waals surface area (Å²) in [6, 6.07) is 13.3. The van der Waals surface area contributed by atoms with E-state index in [-0.39, 0.29) is 29.0 Å². The summed E-state index contributed by atoms with van der Waals surface area (Å²) in [5, 5.41) is 0. The Hall–Kier alpha value is -2.93. The average Bonchev–Trinajstić information content (AvgIpc) is 2.77. The van der Waals surface area contributed by atoms with Crippen LogP contribution in [0.2, 0.25) is 0 Å². The van der Waals surface area contributed by atoms with E-state index in [1.54, 1.807) is 36.3 Å². The second-order valence-electron chi connectivity index (χ2n) is 8.78. The molecule has 0 aliphatic carbocycles. The van der Waals surface area contributed by atoms with Crippen molar-refractivity contribution in [2.24, 2.45) is 0 Å². The molecule has 0 radical (unpaired) electrons. The third-order valence-corrected chi connectivity index (χ3v) is 6.29. The molecule has 164 valence electrons. The predicted octanol–water partition coefficient (Wildman–Crippen LogP) is 2.90. The average molecular weight is 426 g/mol. The van der Waals surface area contributed by atoms with Gasteiger partial charge in [0.1, 0.15) is 11.6 Å². The number of para-hydroxylation sites is 1. The van der Waals surface area contributed by atoms with Crippen LogP contribution >= 0.6 is 0 Å². The van der Waals surface area contributed by atoms with Gasteiger partial charge < -0.3 is 14.5 Å². The molecule has 2 saturated heterocycles. The van der Waals surface area contributed by atoms with Crippen LogP contribution in [0.1, 0.15) is 34.6 Å². The number of hydrogen-bond donors (Lipinski definition) is 0. The fraction of sp³-hybridized carbons (Fsp3) is 0.417. The van der Waals surface area contributed by atoms with Crippen molar-refractivity contribution in [2.75, 3.05) is 39.8 Å². The summed E-state index contributed by atoms with van der Waals surface area (Å²) in [6.45, 7) is 6.99. The minimum absolute atomic E-state index is 0.0214. The van der Waals surface area contributed by atoms with Crippen LogP contribution in [0.15, 0.2) is 48.5 Å². The number of nitrogens with zero attached hydrogens (tertiary/aromatic N) is 3. The van der Waals surface area contributed by atoms with Crippen molar-refractivity contribution in [3.05, 3.63) is 65.5 Å². The number of amides is 2. The van der Waals surface area contributed by atoms with Gasteiger partial charge in [-0.2, -0.15) is 0 Å². The second kappa shape index (κ2) is 8.30.